The molecule has 0 aromatic heterocycles. The first-order valence-electron chi connectivity index (χ1n) is 5.53. The molecular weight excluding hydrogens is 319 g/mol. The Bertz CT molecular complexity index is 460. The minimum absolute atomic E-state index is 0.128. The number of ether oxygens (including phenoxy) is 1. The van der Waals surface area contributed by atoms with Crippen LogP contribution in [-0.4, -0.2) is 18.4 Å². The summed E-state index contributed by atoms with van der Waals surface area (Å²) in [4.78, 5) is 22.7. The Kier molecular flexibility index (Phi) is 5.82. The summed E-state index contributed by atoms with van der Waals surface area (Å²) in [5, 5.41) is -0.691. The van der Waals surface area contributed by atoms with Crippen LogP contribution in [0, 0.1) is 0 Å². The van der Waals surface area contributed by atoms with E-state index < -0.39 is 5.38 Å². The third-order valence-electron chi connectivity index (χ3n) is 2.28. The summed E-state index contributed by atoms with van der Waals surface area (Å²) in [5.74, 6) is -0.424. The van der Waals surface area contributed by atoms with E-state index in [4.69, 9.17) is 16.3 Å². The largest absolute Gasteiger partial charge is 0.466 e. The Morgan fingerprint density at radius 3 is 2.61 bits per heavy atom. The number of halogens is 2. The Labute approximate surface area is 120 Å². The summed E-state index contributed by atoms with van der Waals surface area (Å²) >= 11 is 9.33. The van der Waals surface area contributed by atoms with Gasteiger partial charge in [-0.3, -0.25) is 9.59 Å². The first-order valence-corrected chi connectivity index (χ1v) is 6.76. The first-order chi connectivity index (χ1) is 8.43. The first kappa shape index (κ1) is 15.2. The summed E-state index contributed by atoms with van der Waals surface area (Å²) in [6, 6.07) is 5.33. The van der Waals surface area contributed by atoms with Gasteiger partial charge in [0, 0.05) is 4.47 Å². The maximum atomic E-state index is 11.4. The van der Waals surface area contributed by atoms with E-state index in [-0.39, 0.29) is 18.2 Å². The van der Waals surface area contributed by atoms with E-state index in [1.807, 2.05) is 6.07 Å². The highest BCUT2D eigenvalue weighted by Crippen LogP contribution is 2.26. The topological polar surface area (TPSA) is 43.4 Å². The second kappa shape index (κ2) is 6.90. The lowest BCUT2D eigenvalue weighted by Crippen LogP contribution is -2.08. The summed E-state index contributed by atoms with van der Waals surface area (Å²) in [6.07, 6.45) is 0.168. The third-order valence-corrected chi connectivity index (χ3v) is 3.30. The normalized spacial score (nSPS) is 12.0. The number of ketones is 1. The van der Waals surface area contributed by atoms with Crippen molar-refractivity contribution in [3.8, 4) is 0 Å². The molecule has 0 radical (unpaired) electrons. The molecule has 1 aromatic carbocycles. The SMILES string of the molecule is CCOC(=O)Cc1cc(Br)cc(C(Cl)C(C)=O)c1. The van der Waals surface area contributed by atoms with E-state index in [9.17, 15) is 9.59 Å². The summed E-state index contributed by atoms with van der Waals surface area (Å²) < 4.78 is 5.66. The zero-order valence-electron chi connectivity index (χ0n) is 10.2. The molecule has 1 atom stereocenters. The van der Waals surface area contributed by atoms with Crippen LogP contribution in [0.2, 0.25) is 0 Å². The molecule has 0 aliphatic heterocycles. The summed E-state index contributed by atoms with van der Waals surface area (Å²) in [5.41, 5.74) is 1.45. The predicted octanol–water partition coefficient (Wildman–Crippen LogP) is 3.42. The predicted molar refractivity (Wildman–Crippen MR) is 73.8 cm³/mol. The number of hydrogen-bond acceptors (Lipinski definition) is 3. The zero-order chi connectivity index (χ0) is 13.7. The standard InChI is InChI=1S/C13H14BrClO3/c1-3-18-12(17)6-9-4-10(7-11(14)5-9)13(15)8(2)16/h4-5,7,13H,3,6H2,1-2H3. The van der Waals surface area contributed by atoms with Gasteiger partial charge in [-0.2, -0.15) is 0 Å². The summed E-state index contributed by atoms with van der Waals surface area (Å²) in [6.45, 7) is 3.55. The zero-order valence-corrected chi connectivity index (χ0v) is 12.5. The highest BCUT2D eigenvalue weighted by Gasteiger charge is 2.15. The summed E-state index contributed by atoms with van der Waals surface area (Å²) in [7, 11) is 0. The number of carbonyl (C=O) groups is 2. The van der Waals surface area contributed by atoms with Gasteiger partial charge in [-0.1, -0.05) is 22.0 Å². The van der Waals surface area contributed by atoms with Gasteiger partial charge in [0.2, 0.25) is 0 Å². The molecule has 0 bridgehead atoms. The van der Waals surface area contributed by atoms with Crippen LogP contribution >= 0.6 is 27.5 Å². The van der Waals surface area contributed by atoms with Crippen LogP contribution in [0.3, 0.4) is 0 Å². The van der Waals surface area contributed by atoms with Crippen molar-refractivity contribution in [1.29, 1.82) is 0 Å². The quantitative estimate of drug-likeness (QED) is 0.612. The van der Waals surface area contributed by atoms with Crippen molar-refractivity contribution < 1.29 is 14.3 Å². The van der Waals surface area contributed by atoms with Crippen molar-refractivity contribution in [2.45, 2.75) is 25.6 Å². The van der Waals surface area contributed by atoms with Crippen molar-refractivity contribution in [1.82, 2.24) is 0 Å². The lowest BCUT2D eigenvalue weighted by atomic mass is 10.0. The fraction of sp³-hybridized carbons (Fsp3) is 0.385. The van der Waals surface area contributed by atoms with Crippen LogP contribution in [0.1, 0.15) is 30.4 Å². The average molecular weight is 334 g/mol. The molecule has 0 fully saturated rings. The average Bonchev–Trinajstić information content (AvgIpc) is 2.27. The highest BCUT2D eigenvalue weighted by molar-refractivity contribution is 9.10. The van der Waals surface area contributed by atoms with E-state index in [2.05, 4.69) is 15.9 Å². The Hall–Kier alpha value is -0.870. The molecule has 0 aliphatic carbocycles. The molecule has 0 spiro atoms. The monoisotopic (exact) mass is 332 g/mol. The highest BCUT2D eigenvalue weighted by atomic mass is 79.9. The lowest BCUT2D eigenvalue weighted by molar-refractivity contribution is -0.142. The molecule has 0 aliphatic rings. The van der Waals surface area contributed by atoms with Crippen molar-refractivity contribution in [3.05, 3.63) is 33.8 Å². The van der Waals surface area contributed by atoms with E-state index in [1.165, 1.54) is 6.92 Å². The van der Waals surface area contributed by atoms with Crippen LogP contribution in [-0.2, 0) is 20.7 Å². The number of carbonyl (C=O) groups excluding carboxylic acids is 2. The van der Waals surface area contributed by atoms with E-state index in [1.54, 1.807) is 19.1 Å². The molecule has 98 valence electrons. The number of alkyl halides is 1. The lowest BCUT2D eigenvalue weighted by Gasteiger charge is -2.09. The van der Waals surface area contributed by atoms with Crippen molar-refractivity contribution in [3.63, 3.8) is 0 Å². The fourth-order valence-electron chi connectivity index (χ4n) is 1.54. The van der Waals surface area contributed by atoms with Crippen LogP contribution in [0.15, 0.2) is 22.7 Å². The number of rotatable bonds is 5. The van der Waals surface area contributed by atoms with Gasteiger partial charge in [-0.05, 0) is 37.1 Å². The Morgan fingerprint density at radius 1 is 1.39 bits per heavy atom. The molecule has 0 heterocycles. The molecule has 1 rings (SSSR count). The smallest absolute Gasteiger partial charge is 0.310 e. The van der Waals surface area contributed by atoms with Crippen LogP contribution in [0.5, 0.6) is 0 Å². The second-order valence-corrected chi connectivity index (χ2v) is 5.20. The van der Waals surface area contributed by atoms with Gasteiger partial charge in [0.05, 0.1) is 13.0 Å². The molecule has 0 amide bonds. The molecule has 1 aromatic rings. The van der Waals surface area contributed by atoms with Gasteiger partial charge in [0.25, 0.3) is 0 Å². The van der Waals surface area contributed by atoms with Crippen molar-refractivity contribution >= 4 is 39.3 Å². The van der Waals surface area contributed by atoms with Gasteiger partial charge in [0.1, 0.15) is 5.38 Å². The van der Waals surface area contributed by atoms with Gasteiger partial charge in [0.15, 0.2) is 5.78 Å². The van der Waals surface area contributed by atoms with Gasteiger partial charge in [-0.25, -0.2) is 0 Å². The van der Waals surface area contributed by atoms with Crippen LogP contribution in [0.4, 0.5) is 0 Å². The molecule has 3 nitrogen and oxygen atoms in total. The van der Waals surface area contributed by atoms with E-state index in [0.717, 1.165) is 10.0 Å². The maximum Gasteiger partial charge on any atom is 0.310 e. The number of esters is 1. The number of Topliss-reactive ketones (excluding diaryl/α,β-unsaturated/α-hetero) is 1. The maximum absolute atomic E-state index is 11.4. The van der Waals surface area contributed by atoms with Gasteiger partial charge in [-0.15, -0.1) is 11.6 Å². The van der Waals surface area contributed by atoms with Gasteiger partial charge >= 0.3 is 5.97 Å². The van der Waals surface area contributed by atoms with E-state index in [0.29, 0.717) is 12.2 Å². The van der Waals surface area contributed by atoms with Crippen LogP contribution in [0.25, 0.3) is 0 Å². The molecule has 0 saturated carbocycles. The molecular formula is C13H14BrClO3. The number of benzene rings is 1. The third kappa shape index (κ3) is 4.42. The van der Waals surface area contributed by atoms with Crippen LogP contribution < -0.4 is 0 Å². The van der Waals surface area contributed by atoms with E-state index >= 15 is 0 Å². The number of hydrogen-bond donors (Lipinski definition) is 0. The Morgan fingerprint density at radius 2 is 2.06 bits per heavy atom. The fourth-order valence-corrected chi connectivity index (χ4v) is 2.22. The molecule has 0 saturated heterocycles. The molecule has 1 unspecified atom stereocenters. The molecule has 18 heavy (non-hydrogen) atoms. The molecule has 5 heteroatoms. The second-order valence-electron chi connectivity index (χ2n) is 3.85. The van der Waals surface area contributed by atoms with Crippen molar-refractivity contribution in [2.75, 3.05) is 6.61 Å². The minimum atomic E-state index is -0.691. The molecule has 0 N–H and O–H groups in total. The van der Waals surface area contributed by atoms with Crippen molar-refractivity contribution in [2.24, 2.45) is 0 Å². The minimum Gasteiger partial charge on any atom is -0.466 e. The van der Waals surface area contributed by atoms with Gasteiger partial charge < -0.3 is 4.74 Å². The Balaban J connectivity index is 2.94.